The van der Waals surface area contributed by atoms with Crippen LogP contribution in [0.4, 0.5) is 0 Å². The van der Waals surface area contributed by atoms with Gasteiger partial charge in [0.15, 0.2) is 5.96 Å². The molecule has 0 spiro atoms. The molecule has 0 radical (unpaired) electrons. The Kier molecular flexibility index (Phi) is 6.70. The van der Waals surface area contributed by atoms with E-state index < -0.39 is 0 Å². The smallest absolute Gasteiger partial charge is 0.191 e. The second kappa shape index (κ2) is 9.65. The number of guanidine groups is 1. The third-order valence-corrected chi connectivity index (χ3v) is 4.11. The third kappa shape index (κ3) is 5.95. The minimum absolute atomic E-state index is 0.535. The van der Waals surface area contributed by atoms with Crippen molar-refractivity contribution in [3.05, 3.63) is 54.4 Å². The number of nitrogens with one attached hydrogen (secondary N) is 2. The van der Waals surface area contributed by atoms with Crippen molar-refractivity contribution in [1.29, 1.82) is 0 Å². The van der Waals surface area contributed by atoms with Crippen LogP contribution in [0.2, 0.25) is 0 Å². The van der Waals surface area contributed by atoms with Crippen molar-refractivity contribution in [1.82, 2.24) is 15.6 Å². The van der Waals surface area contributed by atoms with E-state index in [9.17, 15) is 0 Å². The highest BCUT2D eigenvalue weighted by Gasteiger charge is 2.22. The van der Waals surface area contributed by atoms with Crippen LogP contribution in [-0.2, 0) is 6.54 Å². The zero-order valence-electron chi connectivity index (χ0n) is 15.1. The molecule has 0 saturated heterocycles. The Morgan fingerprint density at radius 3 is 2.81 bits per heavy atom. The Morgan fingerprint density at radius 1 is 1.15 bits per heavy atom. The van der Waals surface area contributed by atoms with E-state index in [2.05, 4.69) is 26.7 Å². The molecule has 26 heavy (non-hydrogen) atoms. The SMILES string of the molecule is CN=C(NCCOc1cccnc1)NCc1ccccc1OCC1CC1. The van der Waals surface area contributed by atoms with E-state index in [4.69, 9.17) is 9.47 Å². The summed E-state index contributed by atoms with van der Waals surface area (Å²) in [6.07, 6.45) is 6.00. The van der Waals surface area contributed by atoms with Gasteiger partial charge in [-0.2, -0.15) is 0 Å². The molecule has 6 heteroatoms. The number of ether oxygens (including phenoxy) is 2. The van der Waals surface area contributed by atoms with Gasteiger partial charge in [-0.1, -0.05) is 18.2 Å². The highest BCUT2D eigenvalue weighted by molar-refractivity contribution is 5.79. The van der Waals surface area contributed by atoms with Crippen molar-refractivity contribution < 1.29 is 9.47 Å². The van der Waals surface area contributed by atoms with E-state index >= 15 is 0 Å². The van der Waals surface area contributed by atoms with Crippen LogP contribution in [0.5, 0.6) is 11.5 Å². The minimum atomic E-state index is 0.535. The van der Waals surface area contributed by atoms with Crippen molar-refractivity contribution in [3.63, 3.8) is 0 Å². The van der Waals surface area contributed by atoms with E-state index in [-0.39, 0.29) is 0 Å². The highest BCUT2D eigenvalue weighted by Crippen LogP contribution is 2.30. The van der Waals surface area contributed by atoms with Crippen LogP contribution in [0.1, 0.15) is 18.4 Å². The lowest BCUT2D eigenvalue weighted by Crippen LogP contribution is -2.38. The quantitative estimate of drug-likeness (QED) is 0.412. The largest absolute Gasteiger partial charge is 0.493 e. The second-order valence-corrected chi connectivity index (χ2v) is 6.25. The Morgan fingerprint density at radius 2 is 2.04 bits per heavy atom. The van der Waals surface area contributed by atoms with E-state index in [1.807, 2.05) is 30.3 Å². The molecular weight excluding hydrogens is 328 g/mol. The van der Waals surface area contributed by atoms with Crippen LogP contribution in [0, 0.1) is 5.92 Å². The normalized spacial score (nSPS) is 14.0. The summed E-state index contributed by atoms with van der Waals surface area (Å²) in [4.78, 5) is 8.27. The van der Waals surface area contributed by atoms with E-state index in [1.165, 1.54) is 12.8 Å². The monoisotopic (exact) mass is 354 g/mol. The first kappa shape index (κ1) is 18.0. The van der Waals surface area contributed by atoms with Crippen LogP contribution in [0.25, 0.3) is 0 Å². The Hall–Kier alpha value is -2.76. The average molecular weight is 354 g/mol. The van der Waals surface area contributed by atoms with Gasteiger partial charge in [0.25, 0.3) is 0 Å². The summed E-state index contributed by atoms with van der Waals surface area (Å²) in [7, 11) is 1.76. The number of nitrogens with zero attached hydrogens (tertiary/aromatic N) is 2. The summed E-state index contributed by atoms with van der Waals surface area (Å²) in [6.45, 7) is 2.65. The van der Waals surface area contributed by atoms with Crippen molar-refractivity contribution in [3.8, 4) is 11.5 Å². The molecule has 1 heterocycles. The number of aliphatic imine (C=N–C) groups is 1. The molecule has 0 atom stereocenters. The fraction of sp³-hybridized carbons (Fsp3) is 0.400. The summed E-state index contributed by atoms with van der Waals surface area (Å²) in [6, 6.07) is 11.9. The topological polar surface area (TPSA) is 67.8 Å². The summed E-state index contributed by atoms with van der Waals surface area (Å²) < 4.78 is 11.6. The fourth-order valence-electron chi connectivity index (χ4n) is 2.45. The van der Waals surface area contributed by atoms with Crippen molar-refractivity contribution in [2.24, 2.45) is 10.9 Å². The van der Waals surface area contributed by atoms with E-state index in [0.29, 0.717) is 19.7 Å². The number of rotatable bonds is 9. The summed E-state index contributed by atoms with van der Waals surface area (Å²) in [5.74, 6) is 3.18. The van der Waals surface area contributed by atoms with Crippen LogP contribution in [0.15, 0.2) is 53.8 Å². The number of hydrogen-bond donors (Lipinski definition) is 2. The third-order valence-electron chi connectivity index (χ3n) is 4.11. The van der Waals surface area contributed by atoms with E-state index in [0.717, 1.165) is 35.5 Å². The maximum Gasteiger partial charge on any atom is 0.191 e. The lowest BCUT2D eigenvalue weighted by Gasteiger charge is -2.15. The first-order valence-electron chi connectivity index (χ1n) is 9.03. The van der Waals surface area contributed by atoms with Gasteiger partial charge in [-0.05, 0) is 37.0 Å². The predicted octanol–water partition coefficient (Wildman–Crippen LogP) is 2.61. The molecule has 2 N–H and O–H groups in total. The van der Waals surface area contributed by atoms with Crippen LogP contribution in [-0.4, -0.2) is 37.7 Å². The zero-order valence-corrected chi connectivity index (χ0v) is 15.1. The van der Waals surface area contributed by atoms with Crippen molar-refractivity contribution in [2.75, 3.05) is 26.8 Å². The number of pyridine rings is 1. The van der Waals surface area contributed by atoms with Crippen molar-refractivity contribution >= 4 is 5.96 Å². The molecule has 2 aromatic rings. The first-order valence-corrected chi connectivity index (χ1v) is 9.03. The van der Waals surface area contributed by atoms with Crippen LogP contribution >= 0.6 is 0 Å². The molecule has 0 unspecified atom stereocenters. The lowest BCUT2D eigenvalue weighted by atomic mass is 10.2. The van der Waals surface area contributed by atoms with Crippen LogP contribution in [0.3, 0.4) is 0 Å². The molecule has 0 bridgehead atoms. The Bertz CT molecular complexity index is 702. The van der Waals surface area contributed by atoms with Gasteiger partial charge in [-0.15, -0.1) is 0 Å². The number of hydrogen-bond acceptors (Lipinski definition) is 4. The van der Waals surface area contributed by atoms with Crippen LogP contribution < -0.4 is 20.1 Å². The Balaban J connectivity index is 1.41. The molecule has 138 valence electrons. The maximum atomic E-state index is 5.95. The Labute approximate surface area is 154 Å². The molecule has 6 nitrogen and oxygen atoms in total. The number of aromatic nitrogens is 1. The van der Waals surface area contributed by atoms with Gasteiger partial charge >= 0.3 is 0 Å². The molecule has 1 saturated carbocycles. The lowest BCUT2D eigenvalue weighted by molar-refractivity contribution is 0.296. The van der Waals surface area contributed by atoms with Crippen molar-refractivity contribution in [2.45, 2.75) is 19.4 Å². The van der Waals surface area contributed by atoms with E-state index in [1.54, 1.807) is 19.4 Å². The maximum absolute atomic E-state index is 5.95. The zero-order chi connectivity index (χ0) is 18.0. The summed E-state index contributed by atoms with van der Waals surface area (Å²) in [5, 5.41) is 6.56. The predicted molar refractivity (Wildman–Crippen MR) is 103 cm³/mol. The van der Waals surface area contributed by atoms with Gasteiger partial charge in [0.1, 0.15) is 18.1 Å². The van der Waals surface area contributed by atoms with Gasteiger partial charge in [0, 0.05) is 25.4 Å². The fourth-order valence-corrected chi connectivity index (χ4v) is 2.45. The first-order chi connectivity index (χ1) is 12.8. The van der Waals surface area contributed by atoms with Gasteiger partial charge in [-0.3, -0.25) is 9.98 Å². The minimum Gasteiger partial charge on any atom is -0.493 e. The van der Waals surface area contributed by atoms with Gasteiger partial charge < -0.3 is 20.1 Å². The highest BCUT2D eigenvalue weighted by atomic mass is 16.5. The molecule has 1 aliphatic rings. The van der Waals surface area contributed by atoms with Gasteiger partial charge in [-0.25, -0.2) is 0 Å². The van der Waals surface area contributed by atoms with Gasteiger partial charge in [0.05, 0.1) is 19.3 Å². The molecule has 1 aromatic heterocycles. The molecule has 0 amide bonds. The second-order valence-electron chi connectivity index (χ2n) is 6.25. The molecule has 1 fully saturated rings. The molecule has 1 aromatic carbocycles. The summed E-state index contributed by atoms with van der Waals surface area (Å²) >= 11 is 0. The molecule has 1 aliphatic carbocycles. The molecule has 0 aliphatic heterocycles. The summed E-state index contributed by atoms with van der Waals surface area (Å²) in [5.41, 5.74) is 1.13. The van der Waals surface area contributed by atoms with Gasteiger partial charge in [0.2, 0.25) is 0 Å². The molecular formula is C20H26N4O2. The standard InChI is InChI=1S/C20H26N4O2/c1-21-20(23-11-12-25-18-6-4-10-22-14-18)24-13-17-5-2-3-7-19(17)26-15-16-8-9-16/h2-7,10,14,16H,8-9,11-13,15H2,1H3,(H2,21,23,24). The number of benzene rings is 1. The molecule has 3 rings (SSSR count). The number of para-hydroxylation sites is 1. The average Bonchev–Trinajstić information content (AvgIpc) is 3.52.